The molecule has 0 aliphatic heterocycles. The van der Waals surface area contributed by atoms with Gasteiger partial charge in [0.05, 0.1) is 11.4 Å². The van der Waals surface area contributed by atoms with Gasteiger partial charge in [0.1, 0.15) is 5.75 Å². The number of benzene rings is 1. The van der Waals surface area contributed by atoms with Crippen molar-refractivity contribution in [1.82, 2.24) is 4.98 Å². The smallest absolute Gasteiger partial charge is 0.222 e. The van der Waals surface area contributed by atoms with Crippen LogP contribution in [-0.2, 0) is 6.42 Å². The van der Waals surface area contributed by atoms with Crippen LogP contribution in [0.15, 0.2) is 30.5 Å². The number of nitrogens with one attached hydrogen (secondary N) is 1. The summed E-state index contributed by atoms with van der Waals surface area (Å²) in [4.78, 5) is 4.35. The molecular weight excluding hydrogens is 238 g/mol. The predicted molar refractivity (Wildman–Crippen MR) is 78.8 cm³/mol. The first-order valence-corrected chi connectivity index (χ1v) is 6.34. The van der Waals surface area contributed by atoms with Crippen LogP contribution in [0.3, 0.4) is 0 Å². The first kappa shape index (κ1) is 13.2. The van der Waals surface area contributed by atoms with Crippen LogP contribution in [0, 0.1) is 6.92 Å². The van der Waals surface area contributed by atoms with Crippen LogP contribution in [-0.4, -0.2) is 12.0 Å². The zero-order valence-corrected chi connectivity index (χ0v) is 11.5. The van der Waals surface area contributed by atoms with Gasteiger partial charge in [-0.1, -0.05) is 6.92 Å². The van der Waals surface area contributed by atoms with Gasteiger partial charge in [0.2, 0.25) is 5.88 Å². The molecular formula is C15H19N3O. The van der Waals surface area contributed by atoms with E-state index in [-0.39, 0.29) is 0 Å². The summed E-state index contributed by atoms with van der Waals surface area (Å²) in [5.41, 5.74) is 9.61. The number of ether oxygens (including phenoxy) is 1. The van der Waals surface area contributed by atoms with Gasteiger partial charge in [-0.25, -0.2) is 4.98 Å². The Morgan fingerprint density at radius 3 is 2.74 bits per heavy atom. The van der Waals surface area contributed by atoms with Gasteiger partial charge in [0.15, 0.2) is 0 Å². The average molecular weight is 257 g/mol. The van der Waals surface area contributed by atoms with Crippen LogP contribution in [0.25, 0.3) is 0 Å². The van der Waals surface area contributed by atoms with E-state index in [1.165, 1.54) is 5.56 Å². The highest BCUT2D eigenvalue weighted by atomic mass is 16.5. The number of anilines is 2. The lowest BCUT2D eigenvalue weighted by atomic mass is 10.2. The summed E-state index contributed by atoms with van der Waals surface area (Å²) >= 11 is 0. The number of nitrogens with zero attached hydrogens (tertiary/aromatic N) is 1. The van der Waals surface area contributed by atoms with E-state index < -0.39 is 0 Å². The third-order valence-electron chi connectivity index (χ3n) is 3.00. The summed E-state index contributed by atoms with van der Waals surface area (Å²) < 4.78 is 5.80. The van der Waals surface area contributed by atoms with Gasteiger partial charge in [-0.2, -0.15) is 0 Å². The van der Waals surface area contributed by atoms with Crippen molar-refractivity contribution in [3.63, 3.8) is 0 Å². The predicted octanol–water partition coefficient (Wildman–Crippen LogP) is 3.37. The minimum atomic E-state index is 0.629. The maximum atomic E-state index is 5.83. The number of hydrogen-bond donors (Lipinski definition) is 2. The molecule has 0 bridgehead atoms. The maximum absolute atomic E-state index is 5.83. The van der Waals surface area contributed by atoms with E-state index in [2.05, 4.69) is 23.3 Å². The van der Waals surface area contributed by atoms with Gasteiger partial charge >= 0.3 is 0 Å². The highest BCUT2D eigenvalue weighted by molar-refractivity contribution is 5.68. The number of aromatic nitrogens is 1. The van der Waals surface area contributed by atoms with Crippen LogP contribution in [0.5, 0.6) is 11.6 Å². The van der Waals surface area contributed by atoms with Crippen molar-refractivity contribution in [3.05, 3.63) is 41.6 Å². The maximum Gasteiger partial charge on any atom is 0.222 e. The summed E-state index contributed by atoms with van der Waals surface area (Å²) in [7, 11) is 1.83. The molecule has 3 N–H and O–H groups in total. The number of hydrogen-bond acceptors (Lipinski definition) is 4. The van der Waals surface area contributed by atoms with Crippen molar-refractivity contribution < 1.29 is 4.74 Å². The Hall–Kier alpha value is -2.23. The third-order valence-corrected chi connectivity index (χ3v) is 3.00. The second-order valence-corrected chi connectivity index (χ2v) is 4.42. The fourth-order valence-electron chi connectivity index (χ4n) is 1.85. The van der Waals surface area contributed by atoms with Gasteiger partial charge in [-0.3, -0.25) is 0 Å². The average Bonchev–Trinajstić information content (AvgIpc) is 2.43. The monoisotopic (exact) mass is 257 g/mol. The molecule has 2 rings (SSSR count). The molecule has 0 amide bonds. The first-order valence-electron chi connectivity index (χ1n) is 6.34. The minimum absolute atomic E-state index is 0.629. The lowest BCUT2D eigenvalue weighted by Crippen LogP contribution is -1.97. The van der Waals surface area contributed by atoms with Crippen molar-refractivity contribution in [2.24, 2.45) is 0 Å². The molecule has 2 aromatic rings. The fraction of sp³-hybridized carbons (Fsp3) is 0.267. The van der Waals surface area contributed by atoms with Gasteiger partial charge in [0.25, 0.3) is 0 Å². The number of nitrogen functional groups attached to an aromatic ring is 1. The van der Waals surface area contributed by atoms with Crippen LogP contribution in [0.2, 0.25) is 0 Å². The molecule has 100 valence electrons. The Morgan fingerprint density at radius 1 is 1.32 bits per heavy atom. The van der Waals surface area contributed by atoms with Crippen LogP contribution < -0.4 is 15.8 Å². The van der Waals surface area contributed by atoms with Gasteiger partial charge in [-0.15, -0.1) is 0 Å². The third kappa shape index (κ3) is 2.96. The molecule has 19 heavy (non-hydrogen) atoms. The minimum Gasteiger partial charge on any atom is -0.439 e. The summed E-state index contributed by atoms with van der Waals surface area (Å²) in [5.74, 6) is 1.35. The zero-order chi connectivity index (χ0) is 13.8. The molecule has 0 atom stereocenters. The van der Waals surface area contributed by atoms with Crippen molar-refractivity contribution >= 4 is 11.4 Å². The number of nitrogens with two attached hydrogens (primary N) is 1. The highest BCUT2D eigenvalue weighted by Crippen LogP contribution is 2.28. The Labute approximate surface area is 113 Å². The molecule has 0 aliphatic carbocycles. The second kappa shape index (κ2) is 5.61. The molecule has 1 aromatic carbocycles. The van der Waals surface area contributed by atoms with E-state index in [1.807, 2.05) is 38.4 Å². The van der Waals surface area contributed by atoms with E-state index in [0.29, 0.717) is 11.6 Å². The molecule has 0 unspecified atom stereocenters. The van der Waals surface area contributed by atoms with Gasteiger partial charge in [0, 0.05) is 24.9 Å². The molecule has 0 spiro atoms. The highest BCUT2D eigenvalue weighted by Gasteiger charge is 2.06. The molecule has 0 radical (unpaired) electrons. The van der Waals surface area contributed by atoms with E-state index in [9.17, 15) is 0 Å². The first-order chi connectivity index (χ1) is 9.13. The lowest BCUT2D eigenvalue weighted by Gasteiger charge is -2.11. The molecule has 0 aliphatic rings. The molecule has 4 heteroatoms. The Kier molecular flexibility index (Phi) is 3.90. The molecule has 0 fully saturated rings. The van der Waals surface area contributed by atoms with Crippen molar-refractivity contribution in [2.75, 3.05) is 18.1 Å². The van der Waals surface area contributed by atoms with E-state index in [0.717, 1.165) is 23.4 Å². The lowest BCUT2D eigenvalue weighted by molar-refractivity contribution is 0.459. The van der Waals surface area contributed by atoms with Crippen molar-refractivity contribution in [3.8, 4) is 11.6 Å². The molecule has 1 aromatic heterocycles. The van der Waals surface area contributed by atoms with E-state index in [1.54, 1.807) is 0 Å². The largest absolute Gasteiger partial charge is 0.439 e. The van der Waals surface area contributed by atoms with Crippen molar-refractivity contribution in [2.45, 2.75) is 20.3 Å². The van der Waals surface area contributed by atoms with Crippen molar-refractivity contribution in [1.29, 1.82) is 0 Å². The Balaban J connectivity index is 2.26. The number of rotatable bonds is 4. The van der Waals surface area contributed by atoms with E-state index >= 15 is 0 Å². The van der Waals surface area contributed by atoms with Crippen LogP contribution in [0.4, 0.5) is 11.4 Å². The molecule has 0 saturated heterocycles. The quantitative estimate of drug-likeness (QED) is 0.824. The zero-order valence-electron chi connectivity index (χ0n) is 11.5. The Bertz CT molecular complexity index is 582. The SMILES string of the molecule is CCc1cnc(Oc2ccc(N)c(NC)c2)c(C)c1. The van der Waals surface area contributed by atoms with Crippen LogP contribution in [0.1, 0.15) is 18.1 Å². The normalized spacial score (nSPS) is 10.3. The number of aryl methyl sites for hydroxylation is 2. The molecule has 0 saturated carbocycles. The Morgan fingerprint density at radius 2 is 2.11 bits per heavy atom. The topological polar surface area (TPSA) is 60.2 Å². The van der Waals surface area contributed by atoms with Gasteiger partial charge < -0.3 is 15.8 Å². The summed E-state index contributed by atoms with van der Waals surface area (Å²) in [6, 6.07) is 7.62. The summed E-state index contributed by atoms with van der Waals surface area (Å²) in [6.07, 6.45) is 2.82. The summed E-state index contributed by atoms with van der Waals surface area (Å²) in [5, 5.41) is 3.03. The second-order valence-electron chi connectivity index (χ2n) is 4.42. The number of pyridine rings is 1. The van der Waals surface area contributed by atoms with E-state index in [4.69, 9.17) is 10.5 Å². The standard InChI is InChI=1S/C15H19N3O/c1-4-11-7-10(2)15(18-9-11)19-12-5-6-13(16)14(8-12)17-3/h5-9,17H,4,16H2,1-3H3. The van der Waals surface area contributed by atoms with Gasteiger partial charge in [-0.05, 0) is 37.1 Å². The molecule has 4 nitrogen and oxygen atoms in total. The van der Waals surface area contributed by atoms with Crippen LogP contribution >= 0.6 is 0 Å². The fourth-order valence-corrected chi connectivity index (χ4v) is 1.85. The summed E-state index contributed by atoms with van der Waals surface area (Å²) in [6.45, 7) is 4.11. The molecule has 1 heterocycles.